The van der Waals surface area contributed by atoms with Crippen LogP contribution in [-0.4, -0.2) is 76.1 Å². The largest absolute Gasteiger partial charge is 0.452 e. The van der Waals surface area contributed by atoms with Crippen LogP contribution in [0.2, 0.25) is 10.0 Å². The third-order valence-corrected chi connectivity index (χ3v) is 10.5. The van der Waals surface area contributed by atoms with Crippen molar-refractivity contribution >= 4 is 47.3 Å². The van der Waals surface area contributed by atoms with Gasteiger partial charge in [0.15, 0.2) is 0 Å². The normalized spacial score (nSPS) is 15.0. The van der Waals surface area contributed by atoms with Crippen LogP contribution in [0.3, 0.4) is 0 Å². The number of nitrogens with zero attached hydrogens (tertiary/aromatic N) is 2. The van der Waals surface area contributed by atoms with Gasteiger partial charge in [0.25, 0.3) is 0 Å². The maximum absolute atomic E-state index is 14.6. The number of carbonyl (C=O) groups excluding carboxylic acids is 4. The maximum atomic E-state index is 14.6. The van der Waals surface area contributed by atoms with Gasteiger partial charge in [0, 0.05) is 22.1 Å². The van der Waals surface area contributed by atoms with Crippen molar-refractivity contribution in [2.24, 2.45) is 0 Å². The third-order valence-electron chi connectivity index (χ3n) is 10.0. The predicted octanol–water partition coefficient (Wildman–Crippen LogP) is 11.1. The van der Waals surface area contributed by atoms with E-state index < -0.39 is 65.4 Å². The number of hydrogen-bond donors (Lipinski definition) is 0. The van der Waals surface area contributed by atoms with Crippen LogP contribution in [0.15, 0.2) is 116 Å². The first-order chi connectivity index (χ1) is 30.1. The van der Waals surface area contributed by atoms with Gasteiger partial charge in [-0.05, 0) is 122 Å². The molecule has 0 bridgehead atoms. The molecule has 342 valence electrons. The third kappa shape index (κ3) is 13.9. The van der Waals surface area contributed by atoms with Crippen LogP contribution in [0.5, 0.6) is 0 Å². The summed E-state index contributed by atoms with van der Waals surface area (Å²) >= 11 is 12.9. The van der Waals surface area contributed by atoms with E-state index in [0.717, 1.165) is 29.2 Å². The summed E-state index contributed by atoms with van der Waals surface area (Å²) in [5.74, 6) is -5.37. The number of benzene rings is 4. The molecule has 1 heterocycles. The van der Waals surface area contributed by atoms with E-state index in [2.05, 4.69) is 0 Å². The number of esters is 2. The maximum Gasteiger partial charge on any atom is 0.452 e. The Labute approximate surface area is 386 Å². The number of halogens is 2. The molecule has 12 nitrogen and oxygen atoms in total. The molecule has 1 aliphatic heterocycles. The van der Waals surface area contributed by atoms with Crippen LogP contribution in [0, 0.1) is 6.92 Å². The number of aryl methyl sites for hydroxylation is 1. The second-order valence-corrected chi connectivity index (χ2v) is 18.7. The van der Waals surface area contributed by atoms with Gasteiger partial charge in [-0.15, -0.1) is 0 Å². The van der Waals surface area contributed by atoms with Crippen LogP contribution < -0.4 is 0 Å². The number of ether oxygens (including phenoxy) is 6. The number of carbonyl (C=O) groups is 4. The minimum atomic E-state index is -2.80. The van der Waals surface area contributed by atoms with Gasteiger partial charge in [-0.3, -0.25) is 0 Å². The van der Waals surface area contributed by atoms with Gasteiger partial charge >= 0.3 is 29.9 Å². The molecule has 4 aromatic carbocycles. The lowest BCUT2D eigenvalue weighted by Crippen LogP contribution is -2.52. The summed E-state index contributed by atoms with van der Waals surface area (Å²) in [7, 11) is 0. The molecule has 0 aliphatic carbocycles. The fourth-order valence-corrected chi connectivity index (χ4v) is 7.42. The van der Waals surface area contributed by atoms with Gasteiger partial charge in [0.2, 0.25) is 0 Å². The lowest BCUT2D eigenvalue weighted by molar-refractivity contribution is -0.224. The van der Waals surface area contributed by atoms with Crippen molar-refractivity contribution in [1.82, 2.24) is 9.80 Å². The minimum Gasteiger partial charge on any atom is -0.449 e. The summed E-state index contributed by atoms with van der Waals surface area (Å²) < 4.78 is 35.4. The highest BCUT2D eigenvalue weighted by atomic mass is 35.5. The molecule has 4 atom stereocenters. The SMILES string of the molecule is Cc1cccc(C[C@@H](C)N(C[C@@H](OC(=O)C2(C(=O)O[C@H](CN(C(=O)OC(C)(C)C)[C@H](C)Cc3ccccc3)c3cccc(Cl)c3)OC=CO2)c2cccc(Cl)c2)C(=O)OC(C)(C)C)c1. The van der Waals surface area contributed by atoms with E-state index >= 15 is 0 Å². The molecule has 1 aliphatic rings. The molecule has 64 heavy (non-hydrogen) atoms. The fourth-order valence-electron chi connectivity index (χ4n) is 7.02. The molecule has 0 N–H and O–H groups in total. The van der Waals surface area contributed by atoms with Crippen molar-refractivity contribution in [2.75, 3.05) is 13.1 Å². The van der Waals surface area contributed by atoms with Crippen LogP contribution >= 0.6 is 23.2 Å². The van der Waals surface area contributed by atoms with Crippen molar-refractivity contribution < 1.29 is 47.6 Å². The van der Waals surface area contributed by atoms with E-state index in [1.165, 1.54) is 9.80 Å². The van der Waals surface area contributed by atoms with E-state index in [-0.39, 0.29) is 13.1 Å². The summed E-state index contributed by atoms with van der Waals surface area (Å²) in [6.07, 6.45) is -0.839. The predicted molar refractivity (Wildman–Crippen MR) is 244 cm³/mol. The first-order valence-corrected chi connectivity index (χ1v) is 21.9. The van der Waals surface area contributed by atoms with E-state index in [1.807, 2.05) is 75.4 Å². The van der Waals surface area contributed by atoms with Crippen molar-refractivity contribution in [1.29, 1.82) is 0 Å². The summed E-state index contributed by atoms with van der Waals surface area (Å²) in [6, 6.07) is 29.8. The Hall–Kier alpha value is -5.72. The van der Waals surface area contributed by atoms with E-state index in [0.29, 0.717) is 34.0 Å². The molecule has 0 unspecified atom stereocenters. The van der Waals surface area contributed by atoms with Crippen molar-refractivity contribution in [3.8, 4) is 0 Å². The lowest BCUT2D eigenvalue weighted by Gasteiger charge is -2.36. The zero-order chi connectivity index (χ0) is 46.8. The highest BCUT2D eigenvalue weighted by Gasteiger charge is 2.58. The molecule has 0 saturated carbocycles. The van der Waals surface area contributed by atoms with Crippen molar-refractivity contribution in [2.45, 2.75) is 116 Å². The van der Waals surface area contributed by atoms with Crippen LogP contribution in [0.4, 0.5) is 9.59 Å². The summed E-state index contributed by atoms with van der Waals surface area (Å²) in [4.78, 5) is 60.2. The van der Waals surface area contributed by atoms with Gasteiger partial charge in [0.05, 0.1) is 13.1 Å². The molecule has 0 aromatic heterocycles. The number of amides is 2. The highest BCUT2D eigenvalue weighted by Crippen LogP contribution is 2.34. The Balaban J connectivity index is 1.49. The molecule has 5 rings (SSSR count). The Bertz CT molecular complexity index is 2260. The van der Waals surface area contributed by atoms with Crippen LogP contribution in [-0.2, 0) is 50.9 Å². The van der Waals surface area contributed by atoms with Crippen LogP contribution in [0.25, 0.3) is 0 Å². The topological polar surface area (TPSA) is 130 Å². The first kappa shape index (κ1) is 49.3. The summed E-state index contributed by atoms with van der Waals surface area (Å²) in [5.41, 5.74) is 2.09. The lowest BCUT2D eigenvalue weighted by atomic mass is 10.0. The first-order valence-electron chi connectivity index (χ1n) is 21.1. The zero-order valence-corrected chi connectivity index (χ0v) is 39.4. The Morgan fingerprint density at radius 3 is 1.44 bits per heavy atom. The smallest absolute Gasteiger partial charge is 0.449 e. The average molecular weight is 918 g/mol. The molecular formula is C50H58Cl2N2O10. The van der Waals surface area contributed by atoms with Crippen molar-refractivity contribution in [3.63, 3.8) is 0 Å². The second-order valence-electron chi connectivity index (χ2n) is 17.9. The molecule has 0 saturated heterocycles. The average Bonchev–Trinajstić information content (AvgIpc) is 3.71. The summed E-state index contributed by atoms with van der Waals surface area (Å²) in [6.45, 7) is 15.8. The van der Waals surface area contributed by atoms with E-state index in [1.54, 1.807) is 90.1 Å². The molecule has 0 fully saturated rings. The molecule has 4 aromatic rings. The molecule has 0 spiro atoms. The number of rotatable bonds is 16. The monoisotopic (exact) mass is 916 g/mol. The van der Waals surface area contributed by atoms with E-state index in [9.17, 15) is 19.2 Å². The van der Waals surface area contributed by atoms with E-state index in [4.69, 9.17) is 51.6 Å². The zero-order valence-electron chi connectivity index (χ0n) is 37.8. The Kier molecular flexibility index (Phi) is 16.4. The quantitative estimate of drug-likeness (QED) is 0.0608. The second kappa shape index (κ2) is 21.3. The Morgan fingerprint density at radius 2 is 1.02 bits per heavy atom. The molecule has 0 radical (unpaired) electrons. The van der Waals surface area contributed by atoms with Gasteiger partial charge in [-0.2, -0.15) is 0 Å². The van der Waals surface area contributed by atoms with Gasteiger partial charge in [-0.1, -0.05) is 108 Å². The van der Waals surface area contributed by atoms with Gasteiger partial charge in [0.1, 0.15) is 35.9 Å². The van der Waals surface area contributed by atoms with Crippen molar-refractivity contribution in [3.05, 3.63) is 154 Å². The molecule has 2 amide bonds. The number of hydrogen-bond acceptors (Lipinski definition) is 10. The fraction of sp³-hybridized carbons (Fsp3) is 0.400. The van der Waals surface area contributed by atoms with Gasteiger partial charge < -0.3 is 38.2 Å². The molecule has 14 heteroatoms. The minimum absolute atomic E-state index is 0.220. The standard InChI is InChI=1S/C50H58Cl2N2O10/c1-33-16-13-19-37(26-33)28-35(3)54(47(58)64-49(7,8)9)32-43(39-21-15-23-41(52)30-39)62-45(56)50(59-24-25-60-50)44(55)61-42(38-20-14-22-40(51)29-38)31-53(46(57)63-48(4,5)6)34(2)27-36-17-11-10-12-18-36/h10-26,29-30,34-35,42-43H,27-28,31-32H2,1-9H3/t34-,35-,42-,43-/m1/s1. The van der Waals surface area contributed by atoms with Crippen LogP contribution in [0.1, 0.15) is 95.4 Å². The Morgan fingerprint density at radius 1 is 0.594 bits per heavy atom. The highest BCUT2D eigenvalue weighted by molar-refractivity contribution is 6.30. The van der Waals surface area contributed by atoms with Gasteiger partial charge in [-0.25, -0.2) is 19.2 Å². The summed E-state index contributed by atoms with van der Waals surface area (Å²) in [5, 5.41) is 0.666. The molecular weight excluding hydrogens is 859 g/mol.